The molecule has 3 rings (SSSR count). The maximum Gasteiger partial charge on any atom is 0.241 e. The molecule has 1 fully saturated rings. The molecule has 0 unspecified atom stereocenters. The van der Waals surface area contributed by atoms with Gasteiger partial charge in [-0.15, -0.1) is 0 Å². The number of rotatable bonds is 7. The SMILES string of the molecule is Cc1ccc(S(=O)(=O)N[C@@H](CC(C)C)C(=O)N2CCN(c3ccccc3F)CC2)cc1. The van der Waals surface area contributed by atoms with Crippen molar-refractivity contribution in [2.75, 3.05) is 31.1 Å². The maximum atomic E-state index is 14.1. The van der Waals surface area contributed by atoms with Crippen LogP contribution in [0, 0.1) is 18.7 Å². The Morgan fingerprint density at radius 1 is 1.03 bits per heavy atom. The van der Waals surface area contributed by atoms with Gasteiger partial charge in [-0.1, -0.05) is 43.7 Å². The summed E-state index contributed by atoms with van der Waals surface area (Å²) >= 11 is 0. The third-order valence-corrected chi connectivity index (χ3v) is 6.91. The zero-order valence-corrected chi connectivity index (χ0v) is 19.0. The van der Waals surface area contributed by atoms with Crippen LogP contribution in [0.4, 0.5) is 10.1 Å². The van der Waals surface area contributed by atoms with Gasteiger partial charge in [-0.05, 0) is 43.5 Å². The molecular weight excluding hydrogens is 417 g/mol. The smallest absolute Gasteiger partial charge is 0.241 e. The Balaban J connectivity index is 1.70. The number of piperazine rings is 1. The van der Waals surface area contributed by atoms with Gasteiger partial charge < -0.3 is 9.80 Å². The van der Waals surface area contributed by atoms with Crippen LogP contribution in [0.5, 0.6) is 0 Å². The van der Waals surface area contributed by atoms with Crippen LogP contribution in [0.3, 0.4) is 0 Å². The number of sulfonamides is 1. The number of amides is 1. The first kappa shape index (κ1) is 23.2. The predicted octanol–water partition coefficient (Wildman–Crippen LogP) is 3.18. The standard InChI is InChI=1S/C23H30FN3O3S/c1-17(2)16-21(25-31(29,30)19-10-8-18(3)9-11-19)23(28)27-14-12-26(13-15-27)22-7-5-4-6-20(22)24/h4-11,17,21,25H,12-16H2,1-3H3/t21-/m0/s1. The van der Waals surface area contributed by atoms with E-state index in [1.807, 2.05) is 25.7 Å². The normalized spacial score (nSPS) is 15.9. The second kappa shape index (κ2) is 9.78. The number of carbonyl (C=O) groups excluding carboxylic acids is 1. The second-order valence-electron chi connectivity index (χ2n) is 8.38. The van der Waals surface area contributed by atoms with E-state index in [0.717, 1.165) is 5.56 Å². The van der Waals surface area contributed by atoms with Crippen molar-refractivity contribution >= 4 is 21.6 Å². The average molecular weight is 448 g/mol. The van der Waals surface area contributed by atoms with E-state index in [-0.39, 0.29) is 22.5 Å². The fraction of sp³-hybridized carbons (Fsp3) is 0.435. The highest BCUT2D eigenvalue weighted by molar-refractivity contribution is 7.89. The van der Waals surface area contributed by atoms with Gasteiger partial charge in [0, 0.05) is 26.2 Å². The highest BCUT2D eigenvalue weighted by atomic mass is 32.2. The van der Waals surface area contributed by atoms with E-state index < -0.39 is 16.1 Å². The van der Waals surface area contributed by atoms with Gasteiger partial charge in [0.15, 0.2) is 0 Å². The predicted molar refractivity (Wildman–Crippen MR) is 120 cm³/mol. The molecule has 0 aromatic heterocycles. The van der Waals surface area contributed by atoms with E-state index in [9.17, 15) is 17.6 Å². The first-order valence-corrected chi connectivity index (χ1v) is 12.0. The molecular formula is C23H30FN3O3S. The van der Waals surface area contributed by atoms with Crippen molar-refractivity contribution in [2.45, 2.75) is 38.1 Å². The molecule has 1 saturated heterocycles. The maximum absolute atomic E-state index is 14.1. The summed E-state index contributed by atoms with van der Waals surface area (Å²) < 4.78 is 42.4. The van der Waals surface area contributed by atoms with Crippen molar-refractivity contribution in [3.05, 3.63) is 59.9 Å². The summed E-state index contributed by atoms with van der Waals surface area (Å²) in [6, 6.07) is 12.3. The number of nitrogens with zero attached hydrogens (tertiary/aromatic N) is 2. The first-order valence-electron chi connectivity index (χ1n) is 10.5. The molecule has 0 saturated carbocycles. The molecule has 8 heteroatoms. The lowest BCUT2D eigenvalue weighted by Crippen LogP contribution is -2.55. The van der Waals surface area contributed by atoms with E-state index in [1.54, 1.807) is 47.4 Å². The van der Waals surface area contributed by atoms with Gasteiger partial charge in [0.25, 0.3) is 0 Å². The third kappa shape index (κ3) is 5.83. The van der Waals surface area contributed by atoms with Crippen LogP contribution in [0.2, 0.25) is 0 Å². The van der Waals surface area contributed by atoms with Crippen LogP contribution in [-0.2, 0) is 14.8 Å². The molecule has 0 bridgehead atoms. The molecule has 1 atom stereocenters. The van der Waals surface area contributed by atoms with Crippen molar-refractivity contribution < 1.29 is 17.6 Å². The lowest BCUT2D eigenvalue weighted by molar-refractivity contribution is -0.133. The molecule has 1 amide bonds. The average Bonchev–Trinajstić information content (AvgIpc) is 2.73. The molecule has 6 nitrogen and oxygen atoms in total. The molecule has 0 radical (unpaired) electrons. The zero-order chi connectivity index (χ0) is 22.6. The number of hydrogen-bond acceptors (Lipinski definition) is 4. The number of halogens is 1. The summed E-state index contributed by atoms with van der Waals surface area (Å²) in [5.74, 6) is -0.391. The highest BCUT2D eigenvalue weighted by Crippen LogP contribution is 2.21. The number of para-hydroxylation sites is 1. The lowest BCUT2D eigenvalue weighted by Gasteiger charge is -2.38. The summed E-state index contributed by atoms with van der Waals surface area (Å²) in [5, 5.41) is 0. The lowest BCUT2D eigenvalue weighted by atomic mass is 10.0. The number of aryl methyl sites for hydroxylation is 1. The summed E-state index contributed by atoms with van der Waals surface area (Å²) in [4.78, 5) is 16.9. The molecule has 2 aromatic rings. The Bertz CT molecular complexity index is 1000. The number of hydrogen-bond donors (Lipinski definition) is 1. The van der Waals surface area contributed by atoms with Gasteiger partial charge in [0.1, 0.15) is 11.9 Å². The van der Waals surface area contributed by atoms with Crippen molar-refractivity contribution in [2.24, 2.45) is 5.92 Å². The Kier molecular flexibility index (Phi) is 7.33. The quantitative estimate of drug-likeness (QED) is 0.708. The second-order valence-corrected chi connectivity index (χ2v) is 10.1. The van der Waals surface area contributed by atoms with E-state index >= 15 is 0 Å². The number of nitrogens with one attached hydrogen (secondary N) is 1. The van der Waals surface area contributed by atoms with E-state index in [0.29, 0.717) is 38.3 Å². The summed E-state index contributed by atoms with van der Waals surface area (Å²) in [6.07, 6.45) is 0.400. The number of carbonyl (C=O) groups is 1. The fourth-order valence-electron chi connectivity index (χ4n) is 3.74. The van der Waals surface area contributed by atoms with E-state index in [2.05, 4.69) is 4.72 Å². The van der Waals surface area contributed by atoms with Crippen molar-refractivity contribution in [3.63, 3.8) is 0 Å². The third-order valence-electron chi connectivity index (χ3n) is 5.42. The van der Waals surface area contributed by atoms with Crippen molar-refractivity contribution in [1.29, 1.82) is 0 Å². The van der Waals surface area contributed by atoms with Crippen LogP contribution >= 0.6 is 0 Å². The van der Waals surface area contributed by atoms with Crippen LogP contribution in [0.1, 0.15) is 25.8 Å². The molecule has 31 heavy (non-hydrogen) atoms. The Labute approximate surface area is 184 Å². The summed E-state index contributed by atoms with van der Waals surface area (Å²) in [7, 11) is -3.82. The van der Waals surface area contributed by atoms with Crippen LogP contribution in [0.15, 0.2) is 53.4 Å². The molecule has 2 aromatic carbocycles. The minimum Gasteiger partial charge on any atom is -0.366 e. The first-order chi connectivity index (χ1) is 14.7. The van der Waals surface area contributed by atoms with Gasteiger partial charge in [-0.3, -0.25) is 4.79 Å². The Morgan fingerprint density at radius 3 is 2.23 bits per heavy atom. The van der Waals surface area contributed by atoms with Gasteiger partial charge in [-0.25, -0.2) is 12.8 Å². The van der Waals surface area contributed by atoms with Gasteiger partial charge >= 0.3 is 0 Å². The van der Waals surface area contributed by atoms with E-state index in [4.69, 9.17) is 0 Å². The highest BCUT2D eigenvalue weighted by Gasteiger charge is 2.32. The van der Waals surface area contributed by atoms with Crippen molar-refractivity contribution in [3.8, 4) is 0 Å². The minimum atomic E-state index is -3.82. The molecule has 0 spiro atoms. The molecule has 1 N–H and O–H groups in total. The number of benzene rings is 2. The monoisotopic (exact) mass is 447 g/mol. The number of anilines is 1. The van der Waals surface area contributed by atoms with E-state index in [1.165, 1.54) is 6.07 Å². The zero-order valence-electron chi connectivity index (χ0n) is 18.2. The largest absolute Gasteiger partial charge is 0.366 e. The van der Waals surface area contributed by atoms with Crippen LogP contribution in [0.25, 0.3) is 0 Å². The molecule has 0 aliphatic carbocycles. The van der Waals surface area contributed by atoms with Crippen LogP contribution < -0.4 is 9.62 Å². The minimum absolute atomic E-state index is 0.134. The molecule has 1 aliphatic heterocycles. The fourth-order valence-corrected chi connectivity index (χ4v) is 4.94. The molecule has 1 heterocycles. The van der Waals surface area contributed by atoms with Gasteiger partial charge in [0.2, 0.25) is 15.9 Å². The van der Waals surface area contributed by atoms with Crippen molar-refractivity contribution in [1.82, 2.24) is 9.62 Å². The summed E-state index contributed by atoms with van der Waals surface area (Å²) in [5.41, 5.74) is 1.48. The topological polar surface area (TPSA) is 69.7 Å². The van der Waals surface area contributed by atoms with Gasteiger partial charge in [0.05, 0.1) is 10.6 Å². The molecule has 1 aliphatic rings. The summed E-state index contributed by atoms with van der Waals surface area (Å²) in [6.45, 7) is 7.60. The Morgan fingerprint density at radius 2 is 1.65 bits per heavy atom. The Hall–Kier alpha value is -2.45. The van der Waals surface area contributed by atoms with Crippen LogP contribution in [-0.4, -0.2) is 51.4 Å². The van der Waals surface area contributed by atoms with Gasteiger partial charge in [-0.2, -0.15) is 4.72 Å². The molecule has 168 valence electrons.